The van der Waals surface area contributed by atoms with Crippen LogP contribution in [0, 0.1) is 0 Å². The summed E-state index contributed by atoms with van der Waals surface area (Å²) in [6.07, 6.45) is 2.34. The molecule has 0 amide bonds. The topological polar surface area (TPSA) is 46.2 Å². The van der Waals surface area contributed by atoms with Crippen LogP contribution >= 0.6 is 36.2 Å². The summed E-state index contributed by atoms with van der Waals surface area (Å²) >= 11 is 1.71. The summed E-state index contributed by atoms with van der Waals surface area (Å²) in [5, 5.41) is 8.54. The van der Waals surface area contributed by atoms with Gasteiger partial charge in [0.1, 0.15) is 10.8 Å². The Labute approximate surface area is 211 Å². The van der Waals surface area contributed by atoms with E-state index in [1.807, 2.05) is 6.07 Å². The Balaban J connectivity index is 0.00000153. The SMILES string of the molecule is COc1cc2sc(-c3ccccc3)nc2cc1CN[C@H]1CCCN[C@H]1c1ccccc1.Cl.Cl. The van der Waals surface area contributed by atoms with Crippen LogP contribution in [0.2, 0.25) is 0 Å². The number of piperidine rings is 1. The number of fused-ring (bicyclic) bond motifs is 1. The zero-order valence-corrected chi connectivity index (χ0v) is 20.9. The lowest BCUT2D eigenvalue weighted by atomic mass is 9.92. The summed E-state index contributed by atoms with van der Waals surface area (Å²) < 4.78 is 6.90. The summed E-state index contributed by atoms with van der Waals surface area (Å²) in [4.78, 5) is 4.90. The highest BCUT2D eigenvalue weighted by atomic mass is 35.5. The van der Waals surface area contributed by atoms with Crippen LogP contribution in [0.4, 0.5) is 0 Å². The molecule has 1 saturated heterocycles. The average Bonchev–Trinajstić information content (AvgIpc) is 3.26. The van der Waals surface area contributed by atoms with Crippen LogP contribution in [0.1, 0.15) is 30.0 Å². The predicted molar refractivity (Wildman–Crippen MR) is 143 cm³/mol. The molecule has 2 heterocycles. The second-order valence-corrected chi connectivity index (χ2v) is 9.02. The number of halogens is 2. The smallest absolute Gasteiger partial charge is 0.124 e. The Morgan fingerprint density at radius 2 is 1.76 bits per heavy atom. The first-order valence-corrected chi connectivity index (χ1v) is 11.7. The maximum absolute atomic E-state index is 5.74. The Hall–Kier alpha value is -2.15. The van der Waals surface area contributed by atoms with Crippen molar-refractivity contribution in [2.75, 3.05) is 13.7 Å². The molecular weight excluding hydrogens is 473 g/mol. The molecule has 0 spiro atoms. The van der Waals surface area contributed by atoms with Gasteiger partial charge in [-0.15, -0.1) is 36.2 Å². The third-order valence-electron chi connectivity index (χ3n) is 5.98. The van der Waals surface area contributed by atoms with Crippen LogP contribution in [0.15, 0.2) is 72.8 Å². The highest BCUT2D eigenvalue weighted by molar-refractivity contribution is 7.21. The minimum atomic E-state index is 0. The monoisotopic (exact) mass is 501 g/mol. The van der Waals surface area contributed by atoms with Crippen molar-refractivity contribution in [3.05, 3.63) is 83.9 Å². The first kappa shape index (κ1) is 25.5. The molecule has 2 atom stereocenters. The molecule has 1 aliphatic heterocycles. The molecular formula is C26H29Cl2N3OS. The summed E-state index contributed by atoms with van der Waals surface area (Å²) in [6, 6.07) is 26.1. The number of rotatable bonds is 6. The van der Waals surface area contributed by atoms with Crippen LogP contribution in [0.5, 0.6) is 5.75 Å². The molecule has 4 nitrogen and oxygen atoms in total. The van der Waals surface area contributed by atoms with Crippen molar-refractivity contribution >= 4 is 46.4 Å². The van der Waals surface area contributed by atoms with E-state index in [9.17, 15) is 0 Å². The molecule has 0 aliphatic carbocycles. The largest absolute Gasteiger partial charge is 0.496 e. The molecule has 0 unspecified atom stereocenters. The van der Waals surface area contributed by atoms with Gasteiger partial charge in [-0.2, -0.15) is 0 Å². The van der Waals surface area contributed by atoms with Crippen LogP contribution in [0.25, 0.3) is 20.8 Å². The number of thiazole rings is 1. The second kappa shape index (κ2) is 11.8. The van der Waals surface area contributed by atoms with E-state index in [4.69, 9.17) is 9.72 Å². The number of hydrogen-bond donors (Lipinski definition) is 2. The molecule has 0 bridgehead atoms. The van der Waals surface area contributed by atoms with E-state index in [0.29, 0.717) is 12.1 Å². The zero-order chi connectivity index (χ0) is 21.0. The van der Waals surface area contributed by atoms with Gasteiger partial charge in [0, 0.05) is 29.8 Å². The fraction of sp³-hybridized carbons (Fsp3) is 0.269. The van der Waals surface area contributed by atoms with Crippen LogP contribution < -0.4 is 15.4 Å². The van der Waals surface area contributed by atoms with E-state index in [2.05, 4.69) is 77.4 Å². The molecule has 0 radical (unpaired) electrons. The fourth-order valence-corrected chi connectivity index (χ4v) is 5.37. The van der Waals surface area contributed by atoms with Gasteiger partial charge in [-0.3, -0.25) is 0 Å². The number of benzene rings is 3. The van der Waals surface area contributed by atoms with Gasteiger partial charge >= 0.3 is 0 Å². The lowest BCUT2D eigenvalue weighted by molar-refractivity contribution is 0.303. The van der Waals surface area contributed by atoms with Crippen molar-refractivity contribution in [3.8, 4) is 16.3 Å². The lowest BCUT2D eigenvalue weighted by Gasteiger charge is -2.34. The minimum absolute atomic E-state index is 0. The zero-order valence-electron chi connectivity index (χ0n) is 18.5. The van der Waals surface area contributed by atoms with Gasteiger partial charge in [0.25, 0.3) is 0 Å². The van der Waals surface area contributed by atoms with E-state index in [1.54, 1.807) is 18.4 Å². The number of methoxy groups -OCH3 is 1. The first-order chi connectivity index (χ1) is 15.3. The second-order valence-electron chi connectivity index (χ2n) is 7.99. The van der Waals surface area contributed by atoms with E-state index >= 15 is 0 Å². The average molecular weight is 503 g/mol. The normalized spacial score (nSPS) is 17.7. The van der Waals surface area contributed by atoms with Crippen LogP contribution in [-0.2, 0) is 6.54 Å². The Morgan fingerprint density at radius 3 is 2.48 bits per heavy atom. The molecule has 5 rings (SSSR count). The molecule has 2 N–H and O–H groups in total. The van der Waals surface area contributed by atoms with Crippen molar-refractivity contribution in [1.82, 2.24) is 15.6 Å². The summed E-state index contributed by atoms with van der Waals surface area (Å²) in [5.41, 5.74) is 4.68. The Kier molecular flexibility index (Phi) is 9.12. The minimum Gasteiger partial charge on any atom is -0.496 e. The van der Waals surface area contributed by atoms with Crippen molar-refractivity contribution in [2.45, 2.75) is 31.5 Å². The van der Waals surface area contributed by atoms with Gasteiger partial charge in [0.15, 0.2) is 0 Å². The van der Waals surface area contributed by atoms with Gasteiger partial charge in [-0.1, -0.05) is 60.7 Å². The highest BCUT2D eigenvalue weighted by Crippen LogP contribution is 2.34. The predicted octanol–water partition coefficient (Wildman–Crippen LogP) is 6.40. The number of nitrogens with one attached hydrogen (secondary N) is 2. The number of nitrogens with zero attached hydrogens (tertiary/aromatic N) is 1. The van der Waals surface area contributed by atoms with Crippen molar-refractivity contribution in [1.29, 1.82) is 0 Å². The molecule has 4 aromatic rings. The number of aromatic nitrogens is 1. The van der Waals surface area contributed by atoms with Gasteiger partial charge in [-0.05, 0) is 37.1 Å². The maximum atomic E-state index is 5.74. The van der Waals surface area contributed by atoms with E-state index in [-0.39, 0.29) is 24.8 Å². The van der Waals surface area contributed by atoms with Crippen molar-refractivity contribution < 1.29 is 4.74 Å². The summed E-state index contributed by atoms with van der Waals surface area (Å²) in [7, 11) is 1.75. The fourth-order valence-electron chi connectivity index (χ4n) is 4.39. The van der Waals surface area contributed by atoms with Gasteiger partial charge in [0.2, 0.25) is 0 Å². The molecule has 7 heteroatoms. The van der Waals surface area contributed by atoms with Gasteiger partial charge in [0.05, 0.1) is 17.3 Å². The summed E-state index contributed by atoms with van der Waals surface area (Å²) in [5.74, 6) is 0.920. The van der Waals surface area contributed by atoms with Crippen molar-refractivity contribution in [3.63, 3.8) is 0 Å². The first-order valence-electron chi connectivity index (χ1n) is 10.9. The number of ether oxygens (including phenoxy) is 1. The van der Waals surface area contributed by atoms with E-state index in [1.165, 1.54) is 12.0 Å². The molecule has 1 fully saturated rings. The van der Waals surface area contributed by atoms with E-state index in [0.717, 1.165) is 51.6 Å². The third-order valence-corrected chi connectivity index (χ3v) is 7.05. The van der Waals surface area contributed by atoms with Crippen molar-refractivity contribution in [2.24, 2.45) is 0 Å². The van der Waals surface area contributed by atoms with Gasteiger partial charge < -0.3 is 15.4 Å². The van der Waals surface area contributed by atoms with Crippen LogP contribution in [0.3, 0.4) is 0 Å². The van der Waals surface area contributed by atoms with E-state index < -0.39 is 0 Å². The maximum Gasteiger partial charge on any atom is 0.124 e. The summed E-state index contributed by atoms with van der Waals surface area (Å²) in [6.45, 7) is 1.82. The lowest BCUT2D eigenvalue weighted by Crippen LogP contribution is -2.45. The van der Waals surface area contributed by atoms with Gasteiger partial charge in [-0.25, -0.2) is 4.98 Å². The van der Waals surface area contributed by atoms with Crippen LogP contribution in [-0.4, -0.2) is 24.7 Å². The Bertz CT molecular complexity index is 1150. The third kappa shape index (κ3) is 5.68. The highest BCUT2D eigenvalue weighted by Gasteiger charge is 2.26. The quantitative estimate of drug-likeness (QED) is 0.320. The molecule has 0 saturated carbocycles. The standard InChI is InChI=1S/C26H27N3OS.2ClH/c1-30-23-16-24-22(29-26(31-24)19-11-6-3-7-12-19)15-20(23)17-28-21-13-8-14-27-25(21)18-9-4-2-5-10-18;;/h2-7,9-12,15-16,21,25,27-28H,8,13-14,17H2,1H3;2*1H/t21-,25-;;/m0../s1. The molecule has 1 aliphatic rings. The number of hydrogen-bond acceptors (Lipinski definition) is 5. The molecule has 33 heavy (non-hydrogen) atoms. The Morgan fingerprint density at radius 1 is 1.03 bits per heavy atom. The molecule has 174 valence electrons. The molecule has 3 aromatic carbocycles. The molecule has 1 aromatic heterocycles.